The predicted octanol–water partition coefficient (Wildman–Crippen LogP) is 1.38. The standard InChI is InChI=1S/C15H19NO4/c1-5-6-11(15(16)17)7-10-8-12(18-2)14(20-4)13(9-10)19-3/h1,8-9,11H,6-7H2,2-4H3,(H2,16,17)/t11-/m1/s1. The Hall–Kier alpha value is -2.35. The molecule has 1 aromatic carbocycles. The smallest absolute Gasteiger partial charge is 0.221 e. The van der Waals surface area contributed by atoms with Crippen LogP contribution in [0.5, 0.6) is 17.2 Å². The van der Waals surface area contributed by atoms with Crippen LogP contribution in [0.4, 0.5) is 0 Å². The van der Waals surface area contributed by atoms with Gasteiger partial charge in [0.15, 0.2) is 11.5 Å². The summed E-state index contributed by atoms with van der Waals surface area (Å²) in [5.41, 5.74) is 6.19. The molecule has 0 aliphatic carbocycles. The summed E-state index contributed by atoms with van der Waals surface area (Å²) in [4.78, 5) is 11.4. The van der Waals surface area contributed by atoms with Crippen molar-refractivity contribution in [3.05, 3.63) is 17.7 Å². The Labute approximate surface area is 119 Å². The lowest BCUT2D eigenvalue weighted by Crippen LogP contribution is -2.24. The summed E-state index contributed by atoms with van der Waals surface area (Å²) < 4.78 is 15.8. The van der Waals surface area contributed by atoms with E-state index in [1.807, 2.05) is 0 Å². The molecule has 0 saturated carbocycles. The van der Waals surface area contributed by atoms with E-state index in [-0.39, 0.29) is 0 Å². The normalized spacial score (nSPS) is 11.3. The molecule has 0 heterocycles. The number of primary amides is 1. The molecule has 0 saturated heterocycles. The Morgan fingerprint density at radius 3 is 2.15 bits per heavy atom. The lowest BCUT2D eigenvalue weighted by Gasteiger charge is -2.16. The van der Waals surface area contributed by atoms with Crippen molar-refractivity contribution in [2.75, 3.05) is 21.3 Å². The van der Waals surface area contributed by atoms with Gasteiger partial charge >= 0.3 is 0 Å². The van der Waals surface area contributed by atoms with Crippen LogP contribution in [-0.2, 0) is 11.2 Å². The Balaban J connectivity index is 3.13. The molecule has 20 heavy (non-hydrogen) atoms. The highest BCUT2D eigenvalue weighted by Gasteiger charge is 2.18. The molecule has 1 amide bonds. The average Bonchev–Trinajstić information content (AvgIpc) is 2.45. The molecule has 0 radical (unpaired) electrons. The molecule has 0 unspecified atom stereocenters. The number of ether oxygens (including phenoxy) is 3. The van der Waals surface area contributed by atoms with E-state index in [9.17, 15) is 4.79 Å². The summed E-state index contributed by atoms with van der Waals surface area (Å²) in [5, 5.41) is 0. The number of hydrogen-bond acceptors (Lipinski definition) is 4. The Bertz CT molecular complexity index is 494. The van der Waals surface area contributed by atoms with Gasteiger partial charge in [0.1, 0.15) is 0 Å². The molecule has 108 valence electrons. The van der Waals surface area contributed by atoms with Crippen LogP contribution >= 0.6 is 0 Å². The number of hydrogen-bond donors (Lipinski definition) is 1. The van der Waals surface area contributed by atoms with Gasteiger partial charge in [0.2, 0.25) is 11.7 Å². The van der Waals surface area contributed by atoms with E-state index in [1.54, 1.807) is 12.1 Å². The molecular weight excluding hydrogens is 258 g/mol. The number of benzene rings is 1. The first-order chi connectivity index (χ1) is 9.57. The molecule has 0 aliphatic rings. The van der Waals surface area contributed by atoms with Crippen LogP contribution in [-0.4, -0.2) is 27.2 Å². The third kappa shape index (κ3) is 3.58. The SMILES string of the molecule is C#CC[C@H](Cc1cc(OC)c(OC)c(OC)c1)C(N)=O. The average molecular weight is 277 g/mol. The highest BCUT2D eigenvalue weighted by Crippen LogP contribution is 2.38. The van der Waals surface area contributed by atoms with Crippen molar-refractivity contribution in [2.24, 2.45) is 11.7 Å². The fraction of sp³-hybridized carbons (Fsp3) is 0.400. The molecule has 0 aliphatic heterocycles. The third-order valence-electron chi connectivity index (χ3n) is 2.97. The minimum absolute atomic E-state index is 0.298. The van der Waals surface area contributed by atoms with Gasteiger partial charge in [0.25, 0.3) is 0 Å². The van der Waals surface area contributed by atoms with Gasteiger partial charge in [-0.2, -0.15) is 0 Å². The van der Waals surface area contributed by atoms with Crippen molar-refractivity contribution in [1.82, 2.24) is 0 Å². The van der Waals surface area contributed by atoms with Gasteiger partial charge in [-0.1, -0.05) is 0 Å². The quantitative estimate of drug-likeness (QED) is 0.764. The molecule has 0 bridgehead atoms. The lowest BCUT2D eigenvalue weighted by molar-refractivity contribution is -0.121. The van der Waals surface area contributed by atoms with Gasteiger partial charge < -0.3 is 19.9 Å². The van der Waals surface area contributed by atoms with Crippen LogP contribution < -0.4 is 19.9 Å². The number of carbonyl (C=O) groups is 1. The summed E-state index contributed by atoms with van der Waals surface area (Å²) in [5.74, 6) is 3.20. The third-order valence-corrected chi connectivity index (χ3v) is 2.97. The molecule has 1 atom stereocenters. The molecule has 1 rings (SSSR count). The molecule has 0 fully saturated rings. The highest BCUT2D eigenvalue weighted by molar-refractivity contribution is 5.77. The van der Waals surface area contributed by atoms with Crippen LogP contribution in [0, 0.1) is 18.3 Å². The van der Waals surface area contributed by atoms with Crippen molar-refractivity contribution in [3.63, 3.8) is 0 Å². The lowest BCUT2D eigenvalue weighted by atomic mass is 9.95. The van der Waals surface area contributed by atoms with Crippen molar-refractivity contribution in [3.8, 4) is 29.6 Å². The first-order valence-electron chi connectivity index (χ1n) is 6.09. The van der Waals surface area contributed by atoms with Crippen molar-refractivity contribution >= 4 is 5.91 Å². The minimum Gasteiger partial charge on any atom is -0.493 e. The molecule has 1 aromatic rings. The maximum atomic E-state index is 11.4. The number of terminal acetylenes is 1. The van der Waals surface area contributed by atoms with Crippen LogP contribution in [0.2, 0.25) is 0 Å². The Morgan fingerprint density at radius 2 is 1.80 bits per heavy atom. The monoisotopic (exact) mass is 277 g/mol. The summed E-state index contributed by atoms with van der Waals surface area (Å²) in [6.45, 7) is 0. The summed E-state index contributed by atoms with van der Waals surface area (Å²) in [6.07, 6.45) is 5.98. The summed E-state index contributed by atoms with van der Waals surface area (Å²) in [6, 6.07) is 3.57. The number of amides is 1. The van der Waals surface area contributed by atoms with Gasteiger partial charge in [0.05, 0.1) is 27.2 Å². The molecule has 5 nitrogen and oxygen atoms in total. The van der Waals surface area contributed by atoms with Gasteiger partial charge in [0, 0.05) is 6.42 Å². The molecular formula is C15H19NO4. The van der Waals surface area contributed by atoms with Crippen molar-refractivity contribution in [2.45, 2.75) is 12.8 Å². The fourth-order valence-electron chi connectivity index (χ4n) is 1.95. The molecule has 0 aromatic heterocycles. The van der Waals surface area contributed by atoms with Crippen LogP contribution in [0.15, 0.2) is 12.1 Å². The first kappa shape index (κ1) is 15.7. The maximum Gasteiger partial charge on any atom is 0.221 e. The van der Waals surface area contributed by atoms with E-state index >= 15 is 0 Å². The maximum absolute atomic E-state index is 11.4. The molecule has 0 spiro atoms. The van der Waals surface area contributed by atoms with E-state index < -0.39 is 11.8 Å². The van der Waals surface area contributed by atoms with Gasteiger partial charge in [-0.05, 0) is 24.1 Å². The van der Waals surface area contributed by atoms with E-state index in [2.05, 4.69) is 5.92 Å². The van der Waals surface area contributed by atoms with Crippen LogP contribution in [0.25, 0.3) is 0 Å². The number of nitrogens with two attached hydrogens (primary N) is 1. The number of methoxy groups -OCH3 is 3. The Morgan fingerprint density at radius 1 is 1.25 bits per heavy atom. The zero-order valence-electron chi connectivity index (χ0n) is 11.9. The summed E-state index contributed by atoms with van der Waals surface area (Å²) in [7, 11) is 4.60. The fourth-order valence-corrected chi connectivity index (χ4v) is 1.95. The zero-order chi connectivity index (χ0) is 15.1. The topological polar surface area (TPSA) is 70.8 Å². The van der Waals surface area contributed by atoms with E-state index in [4.69, 9.17) is 26.4 Å². The van der Waals surface area contributed by atoms with E-state index in [0.29, 0.717) is 30.1 Å². The van der Waals surface area contributed by atoms with Gasteiger partial charge in [-0.15, -0.1) is 12.3 Å². The first-order valence-corrected chi connectivity index (χ1v) is 6.09. The second-order valence-corrected chi connectivity index (χ2v) is 4.25. The second-order valence-electron chi connectivity index (χ2n) is 4.25. The van der Waals surface area contributed by atoms with Crippen molar-refractivity contribution in [1.29, 1.82) is 0 Å². The van der Waals surface area contributed by atoms with Gasteiger partial charge in [-0.25, -0.2) is 0 Å². The van der Waals surface area contributed by atoms with Gasteiger partial charge in [-0.3, -0.25) is 4.79 Å². The zero-order valence-corrected chi connectivity index (χ0v) is 11.9. The molecule has 5 heteroatoms. The van der Waals surface area contributed by atoms with Crippen molar-refractivity contribution < 1.29 is 19.0 Å². The van der Waals surface area contributed by atoms with E-state index in [1.165, 1.54) is 21.3 Å². The Kier molecular flexibility index (Phi) is 5.73. The highest BCUT2D eigenvalue weighted by atomic mass is 16.5. The second kappa shape index (κ2) is 7.29. The number of carbonyl (C=O) groups excluding carboxylic acids is 1. The predicted molar refractivity (Wildman–Crippen MR) is 75.9 cm³/mol. The number of rotatable bonds is 7. The van der Waals surface area contributed by atoms with Crippen LogP contribution in [0.3, 0.4) is 0 Å². The van der Waals surface area contributed by atoms with E-state index in [0.717, 1.165) is 5.56 Å². The van der Waals surface area contributed by atoms with Crippen LogP contribution in [0.1, 0.15) is 12.0 Å². The minimum atomic E-state index is -0.420. The largest absolute Gasteiger partial charge is 0.493 e. The summed E-state index contributed by atoms with van der Waals surface area (Å²) >= 11 is 0. The molecule has 2 N–H and O–H groups in total.